The van der Waals surface area contributed by atoms with Gasteiger partial charge in [-0.1, -0.05) is 11.6 Å². The molecular formula is C13H15ClN2O2. The van der Waals surface area contributed by atoms with Gasteiger partial charge >= 0.3 is 0 Å². The zero-order valence-corrected chi connectivity index (χ0v) is 11.0. The van der Waals surface area contributed by atoms with Crippen LogP contribution in [0.3, 0.4) is 0 Å². The highest BCUT2D eigenvalue weighted by Crippen LogP contribution is 2.22. The van der Waals surface area contributed by atoms with Crippen LogP contribution < -0.4 is 4.90 Å². The summed E-state index contributed by atoms with van der Waals surface area (Å²) in [7, 11) is 1.63. The fourth-order valence-electron chi connectivity index (χ4n) is 1.56. The number of nitrogens with zero attached hydrogens (tertiary/aromatic N) is 2. The molecule has 0 amide bonds. The Morgan fingerprint density at radius 3 is 2.83 bits per heavy atom. The summed E-state index contributed by atoms with van der Waals surface area (Å²) in [5.41, 5.74) is 1.35. The molecule has 0 radical (unpaired) electrons. The van der Waals surface area contributed by atoms with Crippen LogP contribution in [0.5, 0.6) is 0 Å². The molecule has 0 aliphatic carbocycles. The lowest BCUT2D eigenvalue weighted by molar-refractivity contribution is 0.112. The minimum atomic E-state index is 0.418. The van der Waals surface area contributed by atoms with Gasteiger partial charge in [-0.25, -0.2) is 0 Å². The Morgan fingerprint density at radius 1 is 1.50 bits per heavy atom. The second-order valence-corrected chi connectivity index (χ2v) is 4.12. The number of ether oxygens (including phenoxy) is 1. The predicted molar refractivity (Wildman–Crippen MR) is 71.2 cm³/mol. The minimum Gasteiger partial charge on any atom is -0.383 e. The van der Waals surface area contributed by atoms with Gasteiger partial charge in [-0.3, -0.25) is 4.79 Å². The maximum absolute atomic E-state index is 10.7. The topological polar surface area (TPSA) is 53.3 Å². The molecular weight excluding hydrogens is 252 g/mol. The van der Waals surface area contributed by atoms with E-state index in [-0.39, 0.29) is 0 Å². The van der Waals surface area contributed by atoms with Crippen molar-refractivity contribution < 1.29 is 9.53 Å². The summed E-state index contributed by atoms with van der Waals surface area (Å²) in [5, 5.41) is 9.06. The summed E-state index contributed by atoms with van der Waals surface area (Å²) in [6.45, 7) is 1.85. The largest absolute Gasteiger partial charge is 0.383 e. The van der Waals surface area contributed by atoms with Crippen LogP contribution >= 0.6 is 11.6 Å². The normalized spacial score (nSPS) is 9.83. The molecule has 1 aromatic carbocycles. The molecule has 0 aliphatic heterocycles. The third-order valence-corrected chi connectivity index (χ3v) is 2.86. The smallest absolute Gasteiger partial charge is 0.151 e. The number of methoxy groups -OCH3 is 1. The van der Waals surface area contributed by atoms with E-state index in [0.29, 0.717) is 36.7 Å². The summed E-state index contributed by atoms with van der Waals surface area (Å²) in [4.78, 5) is 12.7. The molecule has 0 heterocycles. The standard InChI is InChI=1S/C13H15ClN2O2/c1-18-8-7-16(6-2-5-15)12-4-3-11(10-17)13(14)9-12/h3-4,9-10H,2,6-8H2,1H3. The molecule has 0 spiro atoms. The molecule has 0 N–H and O–H groups in total. The molecule has 0 saturated heterocycles. The SMILES string of the molecule is COCCN(CCC#N)c1ccc(C=O)c(Cl)c1. The van der Waals surface area contributed by atoms with E-state index in [2.05, 4.69) is 6.07 Å². The average Bonchev–Trinajstić information content (AvgIpc) is 2.39. The summed E-state index contributed by atoms with van der Waals surface area (Å²) in [5.74, 6) is 0. The van der Waals surface area contributed by atoms with Gasteiger partial charge in [0, 0.05) is 31.5 Å². The fourth-order valence-corrected chi connectivity index (χ4v) is 1.78. The highest BCUT2D eigenvalue weighted by atomic mass is 35.5. The van der Waals surface area contributed by atoms with Crippen molar-refractivity contribution >= 4 is 23.6 Å². The Morgan fingerprint density at radius 2 is 2.28 bits per heavy atom. The second kappa shape index (κ2) is 7.70. The quantitative estimate of drug-likeness (QED) is 0.712. The Bertz CT molecular complexity index is 443. The average molecular weight is 267 g/mol. The van der Waals surface area contributed by atoms with Gasteiger partial charge < -0.3 is 9.64 Å². The lowest BCUT2D eigenvalue weighted by atomic mass is 10.2. The Kier molecular flexibility index (Phi) is 6.20. The van der Waals surface area contributed by atoms with E-state index in [1.807, 2.05) is 11.0 Å². The highest BCUT2D eigenvalue weighted by Gasteiger charge is 2.08. The maximum atomic E-state index is 10.7. The van der Waals surface area contributed by atoms with Gasteiger partial charge in [0.15, 0.2) is 6.29 Å². The van der Waals surface area contributed by atoms with Gasteiger partial charge in [0.2, 0.25) is 0 Å². The van der Waals surface area contributed by atoms with E-state index in [9.17, 15) is 4.79 Å². The Hall–Kier alpha value is -1.57. The summed E-state index contributed by atoms with van der Waals surface area (Å²) in [6, 6.07) is 7.34. The zero-order valence-electron chi connectivity index (χ0n) is 10.2. The molecule has 5 heteroatoms. The van der Waals surface area contributed by atoms with Crippen LogP contribution in [0.4, 0.5) is 5.69 Å². The minimum absolute atomic E-state index is 0.418. The first-order chi connectivity index (χ1) is 8.72. The third kappa shape index (κ3) is 4.02. The van der Waals surface area contributed by atoms with Crippen molar-refractivity contribution in [1.82, 2.24) is 0 Å². The first kappa shape index (κ1) is 14.5. The van der Waals surface area contributed by atoms with Crippen LogP contribution in [0.2, 0.25) is 5.02 Å². The predicted octanol–water partition coefficient (Wildman–Crippen LogP) is 2.52. The summed E-state index contributed by atoms with van der Waals surface area (Å²) in [6.07, 6.45) is 1.15. The highest BCUT2D eigenvalue weighted by molar-refractivity contribution is 6.33. The van der Waals surface area contributed by atoms with Gasteiger partial charge in [-0.2, -0.15) is 5.26 Å². The molecule has 0 aromatic heterocycles. The monoisotopic (exact) mass is 266 g/mol. The molecule has 0 unspecified atom stereocenters. The molecule has 0 aliphatic rings. The number of carbonyl (C=O) groups excluding carboxylic acids is 1. The van der Waals surface area contributed by atoms with Crippen LogP contribution in [-0.4, -0.2) is 33.1 Å². The first-order valence-electron chi connectivity index (χ1n) is 5.58. The Labute approximate surface area is 112 Å². The number of nitriles is 1. The fraction of sp³-hybridized carbons (Fsp3) is 0.385. The number of benzene rings is 1. The van der Waals surface area contributed by atoms with E-state index in [0.717, 1.165) is 12.0 Å². The van der Waals surface area contributed by atoms with Crippen LogP contribution in [0.15, 0.2) is 18.2 Å². The summed E-state index contributed by atoms with van der Waals surface area (Å²) < 4.78 is 5.04. The molecule has 0 bridgehead atoms. The second-order valence-electron chi connectivity index (χ2n) is 3.71. The van der Waals surface area contributed by atoms with Crippen LogP contribution in [0.1, 0.15) is 16.8 Å². The van der Waals surface area contributed by atoms with Crippen molar-refractivity contribution in [2.24, 2.45) is 0 Å². The number of carbonyl (C=O) groups is 1. The number of hydrogen-bond acceptors (Lipinski definition) is 4. The van der Waals surface area contributed by atoms with Crippen LogP contribution in [-0.2, 0) is 4.74 Å². The van der Waals surface area contributed by atoms with Crippen LogP contribution in [0, 0.1) is 11.3 Å². The molecule has 96 valence electrons. The van der Waals surface area contributed by atoms with Gasteiger partial charge in [-0.15, -0.1) is 0 Å². The Balaban J connectivity index is 2.86. The molecule has 1 rings (SSSR count). The number of anilines is 1. The number of halogens is 1. The first-order valence-corrected chi connectivity index (χ1v) is 5.96. The maximum Gasteiger partial charge on any atom is 0.151 e. The van der Waals surface area contributed by atoms with Gasteiger partial charge in [0.05, 0.1) is 24.1 Å². The van der Waals surface area contributed by atoms with E-state index in [4.69, 9.17) is 21.6 Å². The van der Waals surface area contributed by atoms with Crippen molar-refractivity contribution in [2.75, 3.05) is 31.7 Å². The lowest BCUT2D eigenvalue weighted by Crippen LogP contribution is -2.28. The van der Waals surface area contributed by atoms with Crippen molar-refractivity contribution in [3.8, 4) is 6.07 Å². The van der Waals surface area contributed by atoms with Gasteiger partial charge in [0.25, 0.3) is 0 Å². The molecule has 1 aromatic rings. The number of rotatable bonds is 7. The van der Waals surface area contributed by atoms with Gasteiger partial charge in [-0.05, 0) is 18.2 Å². The van der Waals surface area contributed by atoms with Crippen LogP contribution in [0.25, 0.3) is 0 Å². The molecule has 18 heavy (non-hydrogen) atoms. The summed E-state index contributed by atoms with van der Waals surface area (Å²) >= 11 is 5.99. The van der Waals surface area contributed by atoms with Crippen molar-refractivity contribution in [3.05, 3.63) is 28.8 Å². The zero-order chi connectivity index (χ0) is 13.4. The molecule has 0 saturated carbocycles. The molecule has 0 atom stereocenters. The van der Waals surface area contributed by atoms with E-state index in [1.165, 1.54) is 0 Å². The number of hydrogen-bond donors (Lipinski definition) is 0. The van der Waals surface area contributed by atoms with E-state index < -0.39 is 0 Å². The van der Waals surface area contributed by atoms with Crippen molar-refractivity contribution in [2.45, 2.75) is 6.42 Å². The molecule has 0 fully saturated rings. The van der Waals surface area contributed by atoms with Crippen molar-refractivity contribution in [1.29, 1.82) is 5.26 Å². The van der Waals surface area contributed by atoms with Crippen molar-refractivity contribution in [3.63, 3.8) is 0 Å². The van der Waals surface area contributed by atoms with E-state index in [1.54, 1.807) is 19.2 Å². The molecule has 4 nitrogen and oxygen atoms in total. The third-order valence-electron chi connectivity index (χ3n) is 2.54. The lowest BCUT2D eigenvalue weighted by Gasteiger charge is -2.23. The van der Waals surface area contributed by atoms with Gasteiger partial charge in [0.1, 0.15) is 0 Å². The number of aldehydes is 1. The van der Waals surface area contributed by atoms with E-state index >= 15 is 0 Å².